The van der Waals surface area contributed by atoms with Gasteiger partial charge in [-0.05, 0) is 30.2 Å². The highest BCUT2D eigenvalue weighted by atomic mass is 35.5. The van der Waals surface area contributed by atoms with Gasteiger partial charge in [0, 0.05) is 4.90 Å². The van der Waals surface area contributed by atoms with Crippen LogP contribution in [0.4, 0.5) is 19.0 Å². The van der Waals surface area contributed by atoms with Gasteiger partial charge in [-0.25, -0.2) is 4.68 Å². The molecule has 1 heterocycles. The maximum absolute atomic E-state index is 12.4. The molecule has 11 heteroatoms. The Morgan fingerprint density at radius 1 is 1.30 bits per heavy atom. The van der Waals surface area contributed by atoms with Crippen molar-refractivity contribution in [3.8, 4) is 11.8 Å². The number of thioether (sulfide) groups is 2. The van der Waals surface area contributed by atoms with Crippen LogP contribution in [0.1, 0.15) is 5.69 Å². The van der Waals surface area contributed by atoms with Crippen LogP contribution in [0.3, 0.4) is 0 Å². The molecule has 0 saturated carbocycles. The minimum absolute atomic E-state index is 0.0596. The third-order valence-corrected chi connectivity index (χ3v) is 4.71. The number of alkyl halides is 3. The molecule has 0 radical (unpaired) electrons. The molecule has 1 aromatic carbocycles. The lowest BCUT2D eigenvalue weighted by atomic mass is 10.3. The van der Waals surface area contributed by atoms with E-state index in [9.17, 15) is 13.2 Å². The third kappa shape index (κ3) is 3.83. The molecular weight excluding hydrogens is 392 g/mol. The fraction of sp³-hybridized carbons (Fsp3) is 0.167. The zero-order valence-electron chi connectivity index (χ0n) is 11.3. The van der Waals surface area contributed by atoms with Crippen molar-refractivity contribution in [3.05, 3.63) is 27.9 Å². The number of hydrogen-bond acceptors (Lipinski definition) is 5. The average molecular weight is 399 g/mol. The largest absolute Gasteiger partial charge is 0.446 e. The van der Waals surface area contributed by atoms with E-state index in [0.29, 0.717) is 4.90 Å². The number of nitriles is 1. The van der Waals surface area contributed by atoms with E-state index in [2.05, 4.69) is 5.10 Å². The summed E-state index contributed by atoms with van der Waals surface area (Å²) in [7, 11) is 0. The summed E-state index contributed by atoms with van der Waals surface area (Å²) in [6.45, 7) is 0. The zero-order valence-corrected chi connectivity index (χ0v) is 14.4. The third-order valence-electron chi connectivity index (χ3n) is 2.62. The molecule has 0 aliphatic heterocycles. The fourth-order valence-electron chi connectivity index (χ4n) is 1.80. The minimum atomic E-state index is -4.46. The topological polar surface area (TPSA) is 67.6 Å². The lowest BCUT2D eigenvalue weighted by Gasteiger charge is -2.12. The Morgan fingerprint density at radius 2 is 1.87 bits per heavy atom. The maximum atomic E-state index is 12.4. The van der Waals surface area contributed by atoms with Crippen molar-refractivity contribution in [2.75, 3.05) is 12.0 Å². The standard InChI is InChI=1S/C12H7Cl2F3N4S2/c1-22-10-8(4-18)20-21(11(10)19)9-6(13)2-5(3-7(9)14)23-12(15,16)17/h2-3H,19H2,1H3. The van der Waals surface area contributed by atoms with E-state index in [1.807, 2.05) is 6.07 Å². The molecule has 0 bridgehead atoms. The molecule has 2 rings (SSSR count). The monoisotopic (exact) mass is 398 g/mol. The first-order chi connectivity index (χ1) is 10.7. The summed E-state index contributed by atoms with van der Waals surface area (Å²) in [4.78, 5) is 0.279. The molecule has 23 heavy (non-hydrogen) atoms. The Labute approximate surface area is 147 Å². The van der Waals surface area contributed by atoms with Crippen LogP contribution in [0.25, 0.3) is 5.69 Å². The molecule has 122 valence electrons. The van der Waals surface area contributed by atoms with E-state index in [0.717, 1.165) is 16.8 Å². The van der Waals surface area contributed by atoms with Gasteiger partial charge in [0.15, 0.2) is 5.69 Å². The molecule has 0 aliphatic carbocycles. The van der Waals surface area contributed by atoms with Crippen LogP contribution in [0.15, 0.2) is 21.9 Å². The highest BCUT2D eigenvalue weighted by Crippen LogP contribution is 2.42. The minimum Gasteiger partial charge on any atom is -0.383 e. The lowest BCUT2D eigenvalue weighted by molar-refractivity contribution is -0.0328. The second kappa shape index (κ2) is 6.73. The highest BCUT2D eigenvalue weighted by molar-refractivity contribution is 8.00. The molecule has 0 unspecified atom stereocenters. The zero-order chi connectivity index (χ0) is 17.4. The summed E-state index contributed by atoms with van der Waals surface area (Å²) in [5, 5.41) is 12.9. The van der Waals surface area contributed by atoms with Gasteiger partial charge in [0.2, 0.25) is 0 Å². The molecule has 0 amide bonds. The van der Waals surface area contributed by atoms with Crippen molar-refractivity contribution < 1.29 is 13.2 Å². The summed E-state index contributed by atoms with van der Waals surface area (Å²) in [6, 6.07) is 4.12. The number of halogens is 5. The van der Waals surface area contributed by atoms with Crippen LogP contribution in [-0.2, 0) is 0 Å². The maximum Gasteiger partial charge on any atom is 0.446 e. The quantitative estimate of drug-likeness (QED) is 0.739. The van der Waals surface area contributed by atoms with Crippen molar-refractivity contribution in [2.45, 2.75) is 15.3 Å². The number of nitrogen functional groups attached to an aromatic ring is 1. The average Bonchev–Trinajstić information content (AvgIpc) is 2.72. The number of nitrogens with two attached hydrogens (primary N) is 1. The van der Waals surface area contributed by atoms with Crippen LogP contribution in [0.2, 0.25) is 10.0 Å². The summed E-state index contributed by atoms with van der Waals surface area (Å²) >= 11 is 13.0. The first-order valence-corrected chi connectivity index (χ1v) is 8.55. The van der Waals surface area contributed by atoms with Gasteiger partial charge in [0.05, 0.1) is 14.9 Å². The molecule has 2 aromatic rings. The first-order valence-electron chi connectivity index (χ1n) is 5.75. The Hall–Kier alpha value is -1.21. The molecule has 0 saturated heterocycles. The number of anilines is 1. The van der Waals surface area contributed by atoms with E-state index < -0.39 is 5.51 Å². The van der Waals surface area contributed by atoms with Gasteiger partial charge in [-0.2, -0.15) is 23.5 Å². The van der Waals surface area contributed by atoms with Crippen molar-refractivity contribution in [2.24, 2.45) is 0 Å². The smallest absolute Gasteiger partial charge is 0.383 e. The van der Waals surface area contributed by atoms with Crippen LogP contribution in [0, 0.1) is 11.3 Å². The lowest BCUT2D eigenvalue weighted by Crippen LogP contribution is -2.05. The fourth-order valence-corrected chi connectivity index (χ4v) is 3.77. The predicted octanol–water partition coefficient (Wildman–Crippen LogP) is 4.97. The summed E-state index contributed by atoms with van der Waals surface area (Å²) < 4.78 is 38.5. The summed E-state index contributed by atoms with van der Waals surface area (Å²) in [6.07, 6.45) is 1.71. The second-order valence-corrected chi connectivity index (χ2v) is 6.84. The Bertz CT molecular complexity index is 776. The van der Waals surface area contributed by atoms with Gasteiger partial charge in [-0.3, -0.25) is 0 Å². The number of benzene rings is 1. The van der Waals surface area contributed by atoms with E-state index >= 15 is 0 Å². The predicted molar refractivity (Wildman–Crippen MR) is 86.4 cm³/mol. The molecule has 0 aliphatic rings. The van der Waals surface area contributed by atoms with Crippen LogP contribution in [0.5, 0.6) is 0 Å². The van der Waals surface area contributed by atoms with Crippen LogP contribution >= 0.6 is 46.7 Å². The molecule has 0 atom stereocenters. The van der Waals surface area contributed by atoms with Gasteiger partial charge < -0.3 is 5.73 Å². The van der Waals surface area contributed by atoms with Gasteiger partial charge >= 0.3 is 5.51 Å². The number of nitrogens with zero attached hydrogens (tertiary/aromatic N) is 3. The van der Waals surface area contributed by atoms with Gasteiger partial charge in [0.1, 0.15) is 17.6 Å². The van der Waals surface area contributed by atoms with Crippen molar-refractivity contribution in [3.63, 3.8) is 0 Å². The summed E-state index contributed by atoms with van der Waals surface area (Å²) in [5.41, 5.74) is 1.67. The van der Waals surface area contributed by atoms with Crippen LogP contribution < -0.4 is 5.73 Å². The summed E-state index contributed by atoms with van der Waals surface area (Å²) in [5.74, 6) is 0.133. The SMILES string of the molecule is CSc1c(C#N)nn(-c2c(Cl)cc(SC(F)(F)F)cc2Cl)c1N. The number of aromatic nitrogens is 2. The van der Waals surface area contributed by atoms with Crippen molar-refractivity contribution in [1.82, 2.24) is 9.78 Å². The number of rotatable bonds is 3. The van der Waals surface area contributed by atoms with Gasteiger partial charge in [0.25, 0.3) is 0 Å². The van der Waals surface area contributed by atoms with Gasteiger partial charge in [-0.15, -0.1) is 11.8 Å². The molecule has 4 nitrogen and oxygen atoms in total. The normalized spacial score (nSPS) is 11.5. The van der Waals surface area contributed by atoms with E-state index in [-0.39, 0.29) is 43.9 Å². The molecule has 0 spiro atoms. The molecule has 0 fully saturated rings. The molecule has 2 N–H and O–H groups in total. The Balaban J connectivity index is 2.58. The van der Waals surface area contributed by atoms with E-state index in [4.69, 9.17) is 34.2 Å². The number of hydrogen-bond donors (Lipinski definition) is 1. The van der Waals surface area contributed by atoms with Gasteiger partial charge in [-0.1, -0.05) is 23.2 Å². The first kappa shape index (κ1) is 18.1. The van der Waals surface area contributed by atoms with Crippen LogP contribution in [-0.4, -0.2) is 21.5 Å². The van der Waals surface area contributed by atoms with Crippen molar-refractivity contribution >= 4 is 52.5 Å². The van der Waals surface area contributed by atoms with Crippen molar-refractivity contribution in [1.29, 1.82) is 5.26 Å². The molecule has 1 aromatic heterocycles. The Kier molecular flexibility index (Phi) is 5.30. The Morgan fingerprint density at radius 3 is 2.26 bits per heavy atom. The van der Waals surface area contributed by atoms with E-state index in [1.54, 1.807) is 6.26 Å². The highest BCUT2D eigenvalue weighted by Gasteiger charge is 2.30. The second-order valence-electron chi connectivity index (χ2n) is 4.07. The molecular formula is C12H7Cl2F3N4S2. The van der Waals surface area contributed by atoms with E-state index in [1.165, 1.54) is 11.8 Å².